The normalized spacial score (nSPS) is 26.9. The van der Waals surface area contributed by atoms with Crippen molar-refractivity contribution in [3.63, 3.8) is 0 Å². The van der Waals surface area contributed by atoms with E-state index in [9.17, 15) is 4.79 Å². The fraction of sp³-hybridized carbons (Fsp3) is 0.750. The van der Waals surface area contributed by atoms with Crippen molar-refractivity contribution in [3.05, 3.63) is 6.04 Å². The minimum atomic E-state index is 0.0775. The predicted octanol–water partition coefficient (Wildman–Crippen LogP) is 0.0657. The number of carbonyl (C=O) groups excluding carboxylic acids is 1. The van der Waals surface area contributed by atoms with Gasteiger partial charge >= 0.3 is 0 Å². The van der Waals surface area contributed by atoms with E-state index in [1.165, 1.54) is 0 Å². The van der Waals surface area contributed by atoms with E-state index in [0.29, 0.717) is 0 Å². The van der Waals surface area contributed by atoms with Gasteiger partial charge in [-0.15, -0.1) is 0 Å². The summed E-state index contributed by atoms with van der Waals surface area (Å²) in [6.45, 7) is 3.14. The SMILES string of the molecule is C[C]1NCCCC1C(=O)CN. The maximum absolute atomic E-state index is 11.2. The number of hydrogen-bond acceptors (Lipinski definition) is 3. The molecular formula is C8H15N2O. The molecule has 0 spiro atoms. The predicted molar refractivity (Wildman–Crippen MR) is 43.7 cm³/mol. The molecule has 0 aromatic heterocycles. The van der Waals surface area contributed by atoms with Gasteiger partial charge in [0, 0.05) is 12.0 Å². The molecule has 1 rings (SSSR count). The Morgan fingerprint density at radius 1 is 1.82 bits per heavy atom. The van der Waals surface area contributed by atoms with E-state index in [-0.39, 0.29) is 18.2 Å². The van der Waals surface area contributed by atoms with Crippen molar-refractivity contribution in [2.45, 2.75) is 19.8 Å². The Bertz CT molecular complexity index is 147. The maximum Gasteiger partial charge on any atom is 0.151 e. The molecule has 1 aliphatic rings. The van der Waals surface area contributed by atoms with E-state index in [1.54, 1.807) is 0 Å². The van der Waals surface area contributed by atoms with Gasteiger partial charge in [-0.3, -0.25) is 4.79 Å². The van der Waals surface area contributed by atoms with Crippen LogP contribution in [0.5, 0.6) is 0 Å². The maximum atomic E-state index is 11.2. The number of piperidine rings is 1. The van der Waals surface area contributed by atoms with Gasteiger partial charge in [-0.1, -0.05) is 0 Å². The molecule has 1 heterocycles. The van der Waals surface area contributed by atoms with Gasteiger partial charge < -0.3 is 11.1 Å². The first-order chi connectivity index (χ1) is 5.25. The van der Waals surface area contributed by atoms with Crippen molar-refractivity contribution < 1.29 is 4.79 Å². The minimum Gasteiger partial charge on any atom is -0.324 e. The molecule has 63 valence electrons. The zero-order valence-electron chi connectivity index (χ0n) is 6.89. The van der Waals surface area contributed by atoms with E-state index in [1.807, 2.05) is 6.92 Å². The smallest absolute Gasteiger partial charge is 0.151 e. The average molecular weight is 155 g/mol. The van der Waals surface area contributed by atoms with Crippen molar-refractivity contribution >= 4 is 5.78 Å². The van der Waals surface area contributed by atoms with Gasteiger partial charge in [0.1, 0.15) is 0 Å². The van der Waals surface area contributed by atoms with Crippen LogP contribution in [0.4, 0.5) is 0 Å². The van der Waals surface area contributed by atoms with E-state index in [4.69, 9.17) is 5.73 Å². The lowest BCUT2D eigenvalue weighted by Gasteiger charge is -2.27. The van der Waals surface area contributed by atoms with Crippen molar-refractivity contribution in [1.82, 2.24) is 5.32 Å². The van der Waals surface area contributed by atoms with Crippen molar-refractivity contribution in [1.29, 1.82) is 0 Å². The van der Waals surface area contributed by atoms with Crippen LogP contribution in [-0.4, -0.2) is 18.9 Å². The summed E-state index contributed by atoms with van der Waals surface area (Å²) in [6.07, 6.45) is 2.04. The molecule has 1 atom stereocenters. The Hall–Kier alpha value is -0.410. The summed E-state index contributed by atoms with van der Waals surface area (Å²) in [5.41, 5.74) is 5.27. The van der Waals surface area contributed by atoms with Crippen LogP contribution < -0.4 is 11.1 Å². The molecule has 0 aliphatic carbocycles. The van der Waals surface area contributed by atoms with Crippen LogP contribution in [0.25, 0.3) is 0 Å². The fourth-order valence-corrected chi connectivity index (χ4v) is 1.48. The van der Waals surface area contributed by atoms with Crippen LogP contribution in [0.3, 0.4) is 0 Å². The Balaban J connectivity index is 2.47. The quantitative estimate of drug-likeness (QED) is 0.593. The van der Waals surface area contributed by atoms with Crippen molar-refractivity contribution in [2.24, 2.45) is 11.7 Å². The highest BCUT2D eigenvalue weighted by molar-refractivity contribution is 5.84. The summed E-state index contributed by atoms with van der Waals surface area (Å²) in [7, 11) is 0. The monoisotopic (exact) mass is 155 g/mol. The fourth-order valence-electron chi connectivity index (χ4n) is 1.48. The van der Waals surface area contributed by atoms with Gasteiger partial charge in [-0.05, 0) is 26.3 Å². The number of rotatable bonds is 2. The number of Topliss-reactive ketones (excluding diaryl/α,β-unsaturated/α-hetero) is 1. The van der Waals surface area contributed by atoms with E-state index >= 15 is 0 Å². The summed E-state index contributed by atoms with van der Waals surface area (Å²) >= 11 is 0. The average Bonchev–Trinajstić information content (AvgIpc) is 2.04. The molecule has 0 amide bonds. The molecule has 0 aromatic carbocycles. The summed E-state index contributed by atoms with van der Waals surface area (Å²) in [4.78, 5) is 11.2. The molecule has 1 aliphatic heterocycles. The van der Waals surface area contributed by atoms with Crippen molar-refractivity contribution in [3.8, 4) is 0 Å². The molecule has 11 heavy (non-hydrogen) atoms. The first-order valence-electron chi connectivity index (χ1n) is 4.06. The lowest BCUT2D eigenvalue weighted by molar-refractivity contribution is -0.121. The van der Waals surface area contributed by atoms with Crippen LogP contribution in [0.1, 0.15) is 19.8 Å². The van der Waals surface area contributed by atoms with E-state index in [2.05, 4.69) is 5.32 Å². The Labute approximate surface area is 67.3 Å². The second-order valence-electron chi connectivity index (χ2n) is 2.98. The largest absolute Gasteiger partial charge is 0.324 e. The highest BCUT2D eigenvalue weighted by atomic mass is 16.1. The molecule has 0 aromatic rings. The highest BCUT2D eigenvalue weighted by Gasteiger charge is 2.26. The number of ketones is 1. The van der Waals surface area contributed by atoms with Gasteiger partial charge in [0.15, 0.2) is 5.78 Å². The van der Waals surface area contributed by atoms with Crippen LogP contribution in [0.2, 0.25) is 0 Å². The Kier molecular flexibility index (Phi) is 3.02. The molecule has 3 nitrogen and oxygen atoms in total. The van der Waals surface area contributed by atoms with Gasteiger partial charge in [-0.2, -0.15) is 0 Å². The summed E-state index contributed by atoms with van der Waals surface area (Å²) in [5, 5.41) is 3.19. The van der Waals surface area contributed by atoms with Gasteiger partial charge in [0.25, 0.3) is 0 Å². The summed E-state index contributed by atoms with van der Waals surface area (Å²) in [5.74, 6) is 0.239. The molecule has 1 unspecified atom stereocenters. The molecule has 0 saturated carbocycles. The van der Waals surface area contributed by atoms with Gasteiger partial charge in [0.05, 0.1) is 6.54 Å². The highest BCUT2D eigenvalue weighted by Crippen LogP contribution is 2.21. The summed E-state index contributed by atoms with van der Waals surface area (Å²) < 4.78 is 0. The standard InChI is InChI=1S/C8H15N2O/c1-6-7(8(11)5-9)3-2-4-10-6/h7,10H,2-5,9H2,1H3. The lowest BCUT2D eigenvalue weighted by Crippen LogP contribution is -2.38. The zero-order chi connectivity index (χ0) is 8.27. The third-order valence-electron chi connectivity index (χ3n) is 2.19. The third-order valence-corrected chi connectivity index (χ3v) is 2.19. The second kappa shape index (κ2) is 3.83. The summed E-state index contributed by atoms with van der Waals surface area (Å²) in [6, 6.07) is 1.09. The van der Waals surface area contributed by atoms with Gasteiger partial charge in [0.2, 0.25) is 0 Å². The molecule has 0 bridgehead atoms. The Morgan fingerprint density at radius 3 is 3.09 bits per heavy atom. The number of nitrogens with two attached hydrogens (primary N) is 1. The topological polar surface area (TPSA) is 55.1 Å². The molecular weight excluding hydrogens is 140 g/mol. The van der Waals surface area contributed by atoms with Crippen LogP contribution in [-0.2, 0) is 4.79 Å². The molecule has 1 radical (unpaired) electrons. The number of hydrogen-bond donors (Lipinski definition) is 2. The van der Waals surface area contributed by atoms with Gasteiger partial charge in [-0.25, -0.2) is 0 Å². The van der Waals surface area contributed by atoms with Crippen LogP contribution in [0.15, 0.2) is 0 Å². The Morgan fingerprint density at radius 2 is 2.55 bits per heavy atom. The molecule has 3 heteroatoms. The van der Waals surface area contributed by atoms with Crippen LogP contribution >= 0.6 is 0 Å². The minimum absolute atomic E-state index is 0.0775. The molecule has 1 fully saturated rings. The second-order valence-corrected chi connectivity index (χ2v) is 2.98. The van der Waals surface area contributed by atoms with Crippen molar-refractivity contribution in [2.75, 3.05) is 13.1 Å². The molecule has 1 saturated heterocycles. The first-order valence-corrected chi connectivity index (χ1v) is 4.06. The lowest BCUT2D eigenvalue weighted by atomic mass is 9.88. The number of nitrogens with one attached hydrogen (secondary N) is 1. The van der Waals surface area contributed by atoms with Crippen LogP contribution in [0, 0.1) is 12.0 Å². The van der Waals surface area contributed by atoms with E-state index in [0.717, 1.165) is 25.4 Å². The third kappa shape index (κ3) is 2.01. The number of carbonyl (C=O) groups is 1. The zero-order valence-corrected chi connectivity index (χ0v) is 6.89. The van der Waals surface area contributed by atoms with E-state index < -0.39 is 0 Å². The first kappa shape index (κ1) is 8.68. The molecule has 3 N–H and O–H groups in total.